The van der Waals surface area contributed by atoms with Crippen molar-refractivity contribution in [2.45, 2.75) is 56.8 Å². The predicted octanol–water partition coefficient (Wildman–Crippen LogP) is 7.22. The molecule has 0 unspecified atom stereocenters. The Labute approximate surface area is 236 Å². The minimum Gasteiger partial charge on any atom is -0.481 e. The molecule has 0 atom stereocenters. The second kappa shape index (κ2) is 11.1. The molecule has 1 fully saturated rings. The van der Waals surface area contributed by atoms with Gasteiger partial charge in [-0.2, -0.15) is 0 Å². The van der Waals surface area contributed by atoms with Gasteiger partial charge in [0.2, 0.25) is 0 Å². The summed E-state index contributed by atoms with van der Waals surface area (Å²) in [6.07, 6.45) is 3.60. The van der Waals surface area contributed by atoms with E-state index in [1.807, 2.05) is 24.4 Å². The zero-order chi connectivity index (χ0) is 28.5. The number of halogens is 4. The molecular weight excluding hydrogens is 567 g/mol. The Morgan fingerprint density at radius 1 is 1.12 bits per heavy atom. The number of aromatic nitrogens is 2. The van der Waals surface area contributed by atoms with Gasteiger partial charge >= 0.3 is 12.3 Å². The first-order valence-electron chi connectivity index (χ1n) is 12.6. The van der Waals surface area contributed by atoms with Crippen LogP contribution in [0.4, 0.5) is 13.2 Å². The fraction of sp³-hybridized carbons (Fsp3) is 0.321. The molecule has 0 saturated heterocycles. The molecule has 1 saturated carbocycles. The van der Waals surface area contributed by atoms with Gasteiger partial charge in [0.15, 0.2) is 4.96 Å². The second-order valence-corrected chi connectivity index (χ2v) is 11.3. The Kier molecular flexibility index (Phi) is 7.78. The molecule has 0 bridgehead atoms. The number of carboxylic acid groups (broad SMARTS) is 1. The summed E-state index contributed by atoms with van der Waals surface area (Å²) in [4.78, 5) is 30.3. The lowest BCUT2D eigenvalue weighted by Gasteiger charge is -2.37. The highest BCUT2D eigenvalue weighted by Crippen LogP contribution is 2.43. The number of nitrogens with one attached hydrogen (secondary N) is 1. The van der Waals surface area contributed by atoms with Gasteiger partial charge in [-0.3, -0.25) is 14.0 Å². The van der Waals surface area contributed by atoms with Crippen molar-refractivity contribution >= 4 is 39.8 Å². The Morgan fingerprint density at radius 3 is 2.58 bits per heavy atom. The van der Waals surface area contributed by atoms with Crippen LogP contribution in [0.2, 0.25) is 5.02 Å². The lowest BCUT2D eigenvalue weighted by molar-refractivity contribution is -0.274. The van der Waals surface area contributed by atoms with Gasteiger partial charge in [0.05, 0.1) is 16.3 Å². The van der Waals surface area contributed by atoms with Crippen LogP contribution in [0.25, 0.3) is 15.4 Å². The van der Waals surface area contributed by atoms with E-state index in [-0.39, 0.29) is 29.1 Å². The molecule has 4 aromatic rings. The molecule has 0 aliphatic heterocycles. The molecule has 12 heteroatoms. The van der Waals surface area contributed by atoms with Crippen molar-refractivity contribution in [2.75, 3.05) is 0 Å². The van der Waals surface area contributed by atoms with E-state index in [1.54, 1.807) is 10.6 Å². The first-order valence-corrected chi connectivity index (χ1v) is 13.8. The van der Waals surface area contributed by atoms with Crippen LogP contribution in [0.15, 0.2) is 54.9 Å². The number of carboxylic acids is 1. The van der Waals surface area contributed by atoms with Gasteiger partial charge in [-0.05, 0) is 47.7 Å². The molecule has 1 aliphatic rings. The van der Waals surface area contributed by atoms with Crippen molar-refractivity contribution in [3.63, 3.8) is 0 Å². The van der Waals surface area contributed by atoms with Crippen LogP contribution < -0.4 is 10.1 Å². The van der Waals surface area contributed by atoms with Crippen LogP contribution in [0.3, 0.4) is 0 Å². The molecule has 5 rings (SSSR count). The molecular formula is C28H25ClF3N3O4S. The topological polar surface area (TPSA) is 92.9 Å². The SMILES string of the molecule is O=C(O)CC1(c2cccc(-c3cn4cc(C(=O)NCc5ccc(OC(F)(F)F)c(Cl)c5)nc4s3)c2)CCCCC1. The highest BCUT2D eigenvalue weighted by molar-refractivity contribution is 7.20. The third-order valence-electron chi connectivity index (χ3n) is 7.12. The van der Waals surface area contributed by atoms with E-state index < -0.39 is 24.0 Å². The third kappa shape index (κ3) is 6.26. The number of rotatable bonds is 8. The normalized spacial score (nSPS) is 15.2. The molecule has 2 aromatic heterocycles. The first-order chi connectivity index (χ1) is 19.0. The molecule has 210 valence electrons. The van der Waals surface area contributed by atoms with E-state index >= 15 is 0 Å². The second-order valence-electron chi connectivity index (χ2n) is 9.90. The summed E-state index contributed by atoms with van der Waals surface area (Å²) in [5.41, 5.74) is 2.33. The average Bonchev–Trinajstić information content (AvgIpc) is 3.48. The Balaban J connectivity index is 1.29. The number of nitrogens with zero attached hydrogens (tertiary/aromatic N) is 2. The molecule has 7 nitrogen and oxygen atoms in total. The van der Waals surface area contributed by atoms with E-state index in [1.165, 1.54) is 23.5 Å². The number of carbonyl (C=O) groups excluding carboxylic acids is 1. The van der Waals surface area contributed by atoms with Crippen molar-refractivity contribution in [3.8, 4) is 16.2 Å². The average molecular weight is 592 g/mol. The number of hydrogen-bond donors (Lipinski definition) is 2. The standard InChI is InChI=1S/C28H25ClF3N3O4S/c29-20-11-17(7-8-22(20)39-28(30,31)32)14-33-25(38)21-15-35-16-23(40-26(35)34-21)18-5-4-6-19(12-18)27(13-24(36)37)9-2-1-3-10-27/h4-8,11-12,15-16H,1-3,9-10,13-14H2,(H,33,38)(H,36,37). The van der Waals surface area contributed by atoms with Crippen molar-refractivity contribution in [1.29, 1.82) is 0 Å². The maximum absolute atomic E-state index is 12.7. The molecule has 1 amide bonds. The third-order valence-corrected chi connectivity index (χ3v) is 8.46. The number of amides is 1. The van der Waals surface area contributed by atoms with E-state index in [0.717, 1.165) is 54.2 Å². The molecule has 0 spiro atoms. The molecule has 1 aliphatic carbocycles. The number of ether oxygens (including phenoxy) is 1. The van der Waals surface area contributed by atoms with Gasteiger partial charge in [-0.1, -0.05) is 66.5 Å². The number of imidazole rings is 1. The van der Waals surface area contributed by atoms with Gasteiger partial charge < -0.3 is 15.2 Å². The Bertz CT molecular complexity index is 1530. The molecule has 0 radical (unpaired) electrons. The van der Waals surface area contributed by atoms with Crippen LogP contribution in [0.5, 0.6) is 5.75 Å². The predicted molar refractivity (Wildman–Crippen MR) is 145 cm³/mol. The minimum atomic E-state index is -4.85. The molecule has 2 heterocycles. The van der Waals surface area contributed by atoms with Crippen molar-refractivity contribution < 1.29 is 32.6 Å². The van der Waals surface area contributed by atoms with Crippen LogP contribution >= 0.6 is 22.9 Å². The number of hydrogen-bond acceptors (Lipinski definition) is 5. The largest absolute Gasteiger partial charge is 0.573 e. The molecule has 2 aromatic carbocycles. The smallest absolute Gasteiger partial charge is 0.481 e. The number of alkyl halides is 3. The fourth-order valence-electron chi connectivity index (χ4n) is 5.26. The number of carbonyl (C=O) groups is 2. The van der Waals surface area contributed by atoms with Gasteiger partial charge in [0, 0.05) is 24.4 Å². The zero-order valence-corrected chi connectivity index (χ0v) is 22.7. The van der Waals surface area contributed by atoms with Crippen molar-refractivity contribution in [2.24, 2.45) is 0 Å². The maximum atomic E-state index is 12.7. The lowest BCUT2D eigenvalue weighted by atomic mass is 9.67. The number of benzene rings is 2. The monoisotopic (exact) mass is 591 g/mol. The number of aliphatic carboxylic acids is 1. The summed E-state index contributed by atoms with van der Waals surface area (Å²) in [7, 11) is 0. The van der Waals surface area contributed by atoms with E-state index in [4.69, 9.17) is 11.6 Å². The van der Waals surface area contributed by atoms with Gasteiger partial charge in [-0.25, -0.2) is 4.98 Å². The Morgan fingerprint density at radius 2 is 1.90 bits per heavy atom. The minimum absolute atomic E-state index is 0.0339. The molecule has 2 N–H and O–H groups in total. The summed E-state index contributed by atoms with van der Waals surface area (Å²) in [5, 5.41) is 12.1. The van der Waals surface area contributed by atoms with Gasteiger partial charge in [0.1, 0.15) is 11.4 Å². The fourth-order valence-corrected chi connectivity index (χ4v) is 6.47. The van der Waals surface area contributed by atoms with Crippen LogP contribution in [0.1, 0.15) is 60.1 Å². The number of thiazole rings is 1. The quantitative estimate of drug-likeness (QED) is 0.226. The van der Waals surface area contributed by atoms with E-state index in [0.29, 0.717) is 10.5 Å². The number of fused-ring (bicyclic) bond motifs is 1. The summed E-state index contributed by atoms with van der Waals surface area (Å²) in [5.74, 6) is -1.75. The highest BCUT2D eigenvalue weighted by atomic mass is 35.5. The first kappa shape index (κ1) is 28.0. The van der Waals surface area contributed by atoms with E-state index in [9.17, 15) is 27.9 Å². The summed E-state index contributed by atoms with van der Waals surface area (Å²) in [6.45, 7) is 0.0339. The van der Waals surface area contributed by atoms with Crippen LogP contribution in [-0.4, -0.2) is 32.7 Å². The summed E-state index contributed by atoms with van der Waals surface area (Å²) in [6, 6.07) is 11.8. The highest BCUT2D eigenvalue weighted by Gasteiger charge is 2.36. The van der Waals surface area contributed by atoms with Crippen LogP contribution in [-0.2, 0) is 16.8 Å². The van der Waals surface area contributed by atoms with Gasteiger partial charge in [-0.15, -0.1) is 13.2 Å². The maximum Gasteiger partial charge on any atom is 0.573 e. The van der Waals surface area contributed by atoms with Crippen molar-refractivity contribution in [3.05, 3.63) is 76.7 Å². The van der Waals surface area contributed by atoms with Gasteiger partial charge in [0.25, 0.3) is 5.91 Å². The summed E-state index contributed by atoms with van der Waals surface area (Å²) < 4.78 is 42.9. The zero-order valence-electron chi connectivity index (χ0n) is 21.1. The van der Waals surface area contributed by atoms with Crippen molar-refractivity contribution in [1.82, 2.24) is 14.7 Å². The van der Waals surface area contributed by atoms with E-state index in [2.05, 4.69) is 21.1 Å². The van der Waals surface area contributed by atoms with Crippen LogP contribution in [0, 0.1) is 0 Å². The summed E-state index contributed by atoms with van der Waals surface area (Å²) >= 11 is 7.29. The Hall–Kier alpha value is -3.57. The molecule has 40 heavy (non-hydrogen) atoms. The lowest BCUT2D eigenvalue weighted by Crippen LogP contribution is -2.31.